The summed E-state index contributed by atoms with van der Waals surface area (Å²) in [4.78, 5) is 28.9. The molecule has 0 radical (unpaired) electrons. The van der Waals surface area contributed by atoms with Gasteiger partial charge in [0.2, 0.25) is 11.8 Å². The molecule has 0 saturated heterocycles. The highest BCUT2D eigenvalue weighted by Gasteiger charge is 2.34. The standard InChI is InChI=1S/C31H35Cl2N3O5S/c1-22(31(38)34-25-11-5-3-6-12-25)35(20-23-10-9-13-26(18-23)41-2)30(37)21-36(29-19-24(32)16-17-28(29)33)42(39,40)27-14-7-4-8-15-27/h4,7-10,13-19,22,25H,3,5-6,11-12,20-21H2,1-2H3,(H,34,38). The molecule has 1 fully saturated rings. The third-order valence-electron chi connectivity index (χ3n) is 7.39. The van der Waals surface area contributed by atoms with E-state index < -0.39 is 28.5 Å². The van der Waals surface area contributed by atoms with Crippen LogP contribution < -0.4 is 14.4 Å². The quantitative estimate of drug-likeness (QED) is 0.277. The average molecular weight is 633 g/mol. The minimum Gasteiger partial charge on any atom is -0.497 e. The number of nitrogens with one attached hydrogen (secondary N) is 1. The largest absolute Gasteiger partial charge is 0.497 e. The monoisotopic (exact) mass is 631 g/mol. The zero-order valence-electron chi connectivity index (χ0n) is 23.6. The van der Waals surface area contributed by atoms with Gasteiger partial charge in [-0.3, -0.25) is 13.9 Å². The van der Waals surface area contributed by atoms with Gasteiger partial charge >= 0.3 is 0 Å². The molecule has 0 aliphatic heterocycles. The minimum absolute atomic E-state index is 0.0173. The lowest BCUT2D eigenvalue weighted by atomic mass is 9.95. The molecule has 8 nitrogen and oxygen atoms in total. The number of carbonyl (C=O) groups excluding carboxylic acids is 2. The van der Waals surface area contributed by atoms with Gasteiger partial charge in [-0.05, 0) is 67.8 Å². The summed E-state index contributed by atoms with van der Waals surface area (Å²) < 4.78 is 34.1. The van der Waals surface area contributed by atoms with Crippen molar-refractivity contribution in [3.63, 3.8) is 0 Å². The molecule has 1 N–H and O–H groups in total. The van der Waals surface area contributed by atoms with Crippen molar-refractivity contribution in [3.05, 3.63) is 88.4 Å². The van der Waals surface area contributed by atoms with Crippen LogP contribution in [0.2, 0.25) is 10.0 Å². The Morgan fingerprint density at radius 1 is 0.976 bits per heavy atom. The van der Waals surface area contributed by atoms with Crippen molar-refractivity contribution in [2.24, 2.45) is 0 Å². The van der Waals surface area contributed by atoms with Crippen LogP contribution in [-0.2, 0) is 26.2 Å². The highest BCUT2D eigenvalue weighted by molar-refractivity contribution is 7.92. The smallest absolute Gasteiger partial charge is 0.264 e. The van der Waals surface area contributed by atoms with Crippen LogP contribution in [0.3, 0.4) is 0 Å². The van der Waals surface area contributed by atoms with Gasteiger partial charge in [-0.25, -0.2) is 8.42 Å². The lowest BCUT2D eigenvalue weighted by Gasteiger charge is -2.33. The van der Waals surface area contributed by atoms with Gasteiger partial charge in [0.15, 0.2) is 0 Å². The van der Waals surface area contributed by atoms with Crippen LogP contribution in [0.25, 0.3) is 0 Å². The molecule has 0 heterocycles. The van der Waals surface area contributed by atoms with E-state index in [-0.39, 0.29) is 39.1 Å². The van der Waals surface area contributed by atoms with E-state index in [2.05, 4.69) is 5.32 Å². The number of sulfonamides is 1. The molecule has 1 aliphatic carbocycles. The van der Waals surface area contributed by atoms with Crippen LogP contribution in [0.15, 0.2) is 77.7 Å². The molecule has 42 heavy (non-hydrogen) atoms. The maximum Gasteiger partial charge on any atom is 0.264 e. The SMILES string of the molecule is COc1cccc(CN(C(=O)CN(c2cc(Cl)ccc2Cl)S(=O)(=O)c2ccccc2)C(C)C(=O)NC2CCCCC2)c1. The van der Waals surface area contributed by atoms with Crippen molar-refractivity contribution >= 4 is 50.7 Å². The van der Waals surface area contributed by atoms with Gasteiger partial charge in [-0.15, -0.1) is 0 Å². The predicted molar refractivity (Wildman–Crippen MR) is 165 cm³/mol. The minimum atomic E-state index is -4.25. The van der Waals surface area contributed by atoms with E-state index in [0.29, 0.717) is 5.75 Å². The number of anilines is 1. The predicted octanol–water partition coefficient (Wildman–Crippen LogP) is 6.06. The van der Waals surface area contributed by atoms with Crippen LogP contribution in [0, 0.1) is 0 Å². The summed E-state index contributed by atoms with van der Waals surface area (Å²) in [6.07, 6.45) is 4.99. The number of ether oxygens (including phenoxy) is 1. The number of rotatable bonds is 11. The van der Waals surface area contributed by atoms with Crippen LogP contribution in [0.4, 0.5) is 5.69 Å². The fourth-order valence-corrected chi connectivity index (χ4v) is 6.91. The summed E-state index contributed by atoms with van der Waals surface area (Å²) in [6, 6.07) is 18.5. The van der Waals surface area contributed by atoms with Crippen LogP contribution in [-0.4, -0.2) is 50.9 Å². The molecular weight excluding hydrogens is 597 g/mol. The van der Waals surface area contributed by atoms with Crippen molar-refractivity contribution in [3.8, 4) is 5.75 Å². The van der Waals surface area contributed by atoms with E-state index in [1.807, 2.05) is 6.07 Å². The Hall–Kier alpha value is -3.27. The number of halogens is 2. The molecule has 1 saturated carbocycles. The van der Waals surface area contributed by atoms with Crippen LogP contribution >= 0.6 is 23.2 Å². The van der Waals surface area contributed by atoms with E-state index in [1.54, 1.807) is 50.4 Å². The molecule has 1 aliphatic rings. The summed E-state index contributed by atoms with van der Waals surface area (Å²) >= 11 is 12.7. The second-order valence-corrected chi connectivity index (χ2v) is 13.0. The molecule has 1 unspecified atom stereocenters. The van der Waals surface area contributed by atoms with Gasteiger partial charge in [0.1, 0.15) is 18.3 Å². The van der Waals surface area contributed by atoms with Crippen molar-refractivity contribution in [1.82, 2.24) is 10.2 Å². The fraction of sp³-hybridized carbons (Fsp3) is 0.355. The molecule has 2 amide bonds. The van der Waals surface area contributed by atoms with E-state index in [1.165, 1.54) is 35.2 Å². The zero-order chi connectivity index (χ0) is 30.3. The molecule has 0 aromatic heterocycles. The third-order valence-corrected chi connectivity index (χ3v) is 9.72. The average Bonchev–Trinajstić information content (AvgIpc) is 3.00. The summed E-state index contributed by atoms with van der Waals surface area (Å²) in [5.74, 6) is -0.283. The molecule has 11 heteroatoms. The first-order valence-corrected chi connectivity index (χ1v) is 16.1. The zero-order valence-corrected chi connectivity index (χ0v) is 26.0. The Morgan fingerprint density at radius 3 is 2.38 bits per heavy atom. The molecule has 4 rings (SSSR count). The van der Waals surface area contributed by atoms with Gasteiger partial charge in [-0.1, -0.05) is 72.8 Å². The normalized spacial score (nSPS) is 14.6. The summed E-state index contributed by atoms with van der Waals surface area (Å²) in [7, 11) is -2.71. The van der Waals surface area contributed by atoms with Crippen LogP contribution in [0.5, 0.6) is 5.75 Å². The lowest BCUT2D eigenvalue weighted by Crippen LogP contribution is -2.53. The van der Waals surface area contributed by atoms with Gasteiger partial charge < -0.3 is 15.0 Å². The van der Waals surface area contributed by atoms with Crippen LogP contribution in [0.1, 0.15) is 44.6 Å². The second kappa shape index (κ2) is 14.3. The number of benzene rings is 3. The highest BCUT2D eigenvalue weighted by Crippen LogP contribution is 2.33. The van der Waals surface area contributed by atoms with Gasteiger partial charge in [0, 0.05) is 17.6 Å². The van der Waals surface area contributed by atoms with Gasteiger partial charge in [-0.2, -0.15) is 0 Å². The Kier molecular flexibility index (Phi) is 10.8. The Morgan fingerprint density at radius 2 is 1.69 bits per heavy atom. The summed E-state index contributed by atoms with van der Waals surface area (Å²) in [6.45, 7) is 1.10. The van der Waals surface area contributed by atoms with Gasteiger partial charge in [0.25, 0.3) is 10.0 Å². The second-order valence-electron chi connectivity index (χ2n) is 10.3. The number of methoxy groups -OCH3 is 1. The Labute approximate surface area is 257 Å². The Bertz CT molecular complexity index is 1500. The summed E-state index contributed by atoms with van der Waals surface area (Å²) in [5.41, 5.74) is 0.778. The van der Waals surface area contributed by atoms with Crippen molar-refractivity contribution in [2.45, 2.75) is 62.6 Å². The lowest BCUT2D eigenvalue weighted by molar-refractivity contribution is -0.139. The molecule has 3 aromatic carbocycles. The highest BCUT2D eigenvalue weighted by atomic mass is 35.5. The van der Waals surface area contributed by atoms with E-state index in [9.17, 15) is 18.0 Å². The van der Waals surface area contributed by atoms with E-state index >= 15 is 0 Å². The number of amides is 2. The summed E-state index contributed by atoms with van der Waals surface area (Å²) in [5, 5.41) is 3.45. The number of hydrogen-bond acceptors (Lipinski definition) is 5. The molecule has 1 atom stereocenters. The number of carbonyl (C=O) groups is 2. The fourth-order valence-electron chi connectivity index (χ4n) is 5.03. The molecular formula is C31H35Cl2N3O5S. The van der Waals surface area contributed by atoms with E-state index in [0.717, 1.165) is 42.0 Å². The first-order chi connectivity index (χ1) is 20.1. The molecule has 224 valence electrons. The maximum absolute atomic E-state index is 14.1. The first kappa shape index (κ1) is 31.7. The topological polar surface area (TPSA) is 96.0 Å². The maximum atomic E-state index is 14.1. The third kappa shape index (κ3) is 7.76. The van der Waals surface area contributed by atoms with Crippen molar-refractivity contribution in [1.29, 1.82) is 0 Å². The Balaban J connectivity index is 1.71. The number of hydrogen-bond donors (Lipinski definition) is 1. The van der Waals surface area contributed by atoms with Gasteiger partial charge in [0.05, 0.1) is 22.7 Å². The van der Waals surface area contributed by atoms with Crippen molar-refractivity contribution < 1.29 is 22.7 Å². The van der Waals surface area contributed by atoms with Crippen molar-refractivity contribution in [2.75, 3.05) is 18.0 Å². The van der Waals surface area contributed by atoms with E-state index in [4.69, 9.17) is 27.9 Å². The number of nitrogens with zero attached hydrogens (tertiary/aromatic N) is 2. The molecule has 0 spiro atoms. The molecule has 0 bridgehead atoms. The molecule has 3 aromatic rings. The first-order valence-electron chi connectivity index (χ1n) is 13.9.